The van der Waals surface area contributed by atoms with E-state index in [0.29, 0.717) is 6.61 Å². The third-order valence-electron chi connectivity index (χ3n) is 4.76. The molecule has 0 N–H and O–H groups in total. The molecule has 29 heavy (non-hydrogen) atoms. The molecule has 146 valence electrons. The smallest absolute Gasteiger partial charge is 0.144 e. The number of hydrogen-bond donors (Lipinski definition) is 0. The van der Waals surface area contributed by atoms with Gasteiger partial charge in [0.25, 0.3) is 0 Å². The number of ether oxygens (including phenoxy) is 1. The van der Waals surface area contributed by atoms with E-state index < -0.39 is 5.60 Å². The van der Waals surface area contributed by atoms with Gasteiger partial charge in [-0.1, -0.05) is 103 Å². The standard InChI is InChI=1S/C28H28O/c1-4-14-24(21-23(2)3)22-29-28(25-15-8-5-9-16-25,26-17-10-6-11-18-26)27-19-12-7-13-20-27/h4-20H,22H2,1-3H3/b14-4+. The average molecular weight is 381 g/mol. The lowest BCUT2D eigenvalue weighted by molar-refractivity contribution is 0.0291. The van der Waals surface area contributed by atoms with Crippen LogP contribution in [0.2, 0.25) is 0 Å². The first-order valence-corrected chi connectivity index (χ1v) is 10.0. The molecule has 0 saturated carbocycles. The lowest BCUT2D eigenvalue weighted by Crippen LogP contribution is -2.33. The predicted molar refractivity (Wildman–Crippen MR) is 122 cm³/mol. The van der Waals surface area contributed by atoms with Gasteiger partial charge in [-0.15, -0.1) is 5.73 Å². The fraction of sp³-hybridized carbons (Fsp3) is 0.179. The number of allylic oxidation sites excluding steroid dienone is 1. The molecule has 0 aliphatic rings. The maximum Gasteiger partial charge on any atom is 0.144 e. The lowest BCUT2D eigenvalue weighted by Gasteiger charge is -2.36. The van der Waals surface area contributed by atoms with E-state index in [0.717, 1.165) is 27.8 Å². The summed E-state index contributed by atoms with van der Waals surface area (Å²) >= 11 is 0. The maximum atomic E-state index is 6.84. The van der Waals surface area contributed by atoms with E-state index in [9.17, 15) is 0 Å². The van der Waals surface area contributed by atoms with Crippen LogP contribution in [0.3, 0.4) is 0 Å². The molecule has 3 aromatic rings. The Hall–Kier alpha value is -3.12. The number of rotatable bonds is 7. The van der Waals surface area contributed by atoms with Crippen molar-refractivity contribution in [2.45, 2.75) is 26.4 Å². The van der Waals surface area contributed by atoms with E-state index in [4.69, 9.17) is 4.74 Å². The molecular formula is C28H28O. The molecule has 0 fully saturated rings. The quantitative estimate of drug-likeness (QED) is 0.242. The van der Waals surface area contributed by atoms with Crippen LogP contribution in [-0.4, -0.2) is 6.61 Å². The summed E-state index contributed by atoms with van der Waals surface area (Å²) in [5.41, 5.74) is 8.20. The zero-order valence-corrected chi connectivity index (χ0v) is 17.4. The number of hydrogen-bond acceptors (Lipinski definition) is 1. The summed E-state index contributed by atoms with van der Waals surface area (Å²) < 4.78 is 6.84. The van der Waals surface area contributed by atoms with E-state index in [1.54, 1.807) is 0 Å². The van der Waals surface area contributed by atoms with Crippen LogP contribution in [-0.2, 0) is 10.3 Å². The van der Waals surface area contributed by atoms with Crippen molar-refractivity contribution in [3.05, 3.63) is 137 Å². The summed E-state index contributed by atoms with van der Waals surface area (Å²) in [6.45, 7) is 6.59. The Morgan fingerprint density at radius 3 is 1.52 bits per heavy atom. The van der Waals surface area contributed by atoms with Crippen molar-refractivity contribution in [2.24, 2.45) is 0 Å². The molecule has 0 amide bonds. The van der Waals surface area contributed by atoms with Crippen LogP contribution >= 0.6 is 0 Å². The Labute approximate surface area is 174 Å². The van der Waals surface area contributed by atoms with Gasteiger partial charge in [0, 0.05) is 5.57 Å². The van der Waals surface area contributed by atoms with Crippen molar-refractivity contribution in [1.82, 2.24) is 0 Å². The molecular weight excluding hydrogens is 352 g/mol. The van der Waals surface area contributed by atoms with E-state index >= 15 is 0 Å². The van der Waals surface area contributed by atoms with Crippen LogP contribution in [0.5, 0.6) is 0 Å². The number of benzene rings is 3. The zero-order chi connectivity index (χ0) is 20.5. The van der Waals surface area contributed by atoms with Gasteiger partial charge in [0.1, 0.15) is 5.60 Å². The van der Waals surface area contributed by atoms with E-state index in [2.05, 4.69) is 98.5 Å². The summed E-state index contributed by atoms with van der Waals surface area (Å²) in [5.74, 6) is 0. The van der Waals surface area contributed by atoms with Gasteiger partial charge >= 0.3 is 0 Å². The third-order valence-corrected chi connectivity index (χ3v) is 4.76. The second kappa shape index (κ2) is 9.89. The second-order valence-electron chi connectivity index (χ2n) is 7.22. The molecule has 0 aliphatic carbocycles. The third kappa shape index (κ3) is 4.84. The van der Waals surface area contributed by atoms with Crippen molar-refractivity contribution in [1.29, 1.82) is 0 Å². The molecule has 0 bridgehead atoms. The van der Waals surface area contributed by atoms with Gasteiger partial charge in [0.2, 0.25) is 0 Å². The van der Waals surface area contributed by atoms with Crippen LogP contribution in [0.15, 0.2) is 120 Å². The molecule has 1 nitrogen and oxygen atoms in total. The van der Waals surface area contributed by atoms with Crippen LogP contribution in [0, 0.1) is 0 Å². The molecule has 0 atom stereocenters. The summed E-state index contributed by atoms with van der Waals surface area (Å²) in [6.07, 6.45) is 4.10. The van der Waals surface area contributed by atoms with Crippen LogP contribution in [0.25, 0.3) is 0 Å². The summed E-state index contributed by atoms with van der Waals surface area (Å²) in [4.78, 5) is 0. The van der Waals surface area contributed by atoms with Gasteiger partial charge in [-0.2, -0.15) is 0 Å². The van der Waals surface area contributed by atoms with Crippen LogP contribution in [0.4, 0.5) is 0 Å². The van der Waals surface area contributed by atoms with Crippen molar-refractivity contribution in [3.63, 3.8) is 0 Å². The van der Waals surface area contributed by atoms with Gasteiger partial charge in [-0.3, -0.25) is 0 Å². The minimum atomic E-state index is -0.708. The molecule has 0 spiro atoms. The first-order valence-electron chi connectivity index (χ1n) is 10.0. The molecule has 0 unspecified atom stereocenters. The van der Waals surface area contributed by atoms with Gasteiger partial charge in [-0.25, -0.2) is 0 Å². The minimum absolute atomic E-state index is 0.453. The Kier molecular flexibility index (Phi) is 7.03. The van der Waals surface area contributed by atoms with Crippen molar-refractivity contribution < 1.29 is 4.74 Å². The highest BCUT2D eigenvalue weighted by Crippen LogP contribution is 2.40. The van der Waals surface area contributed by atoms with Gasteiger partial charge < -0.3 is 4.74 Å². The fourth-order valence-corrected chi connectivity index (χ4v) is 3.60. The SMILES string of the molecule is C/C=C/C(=C=C(C)C)COC(c1ccccc1)(c1ccccc1)c1ccccc1. The van der Waals surface area contributed by atoms with Crippen molar-refractivity contribution in [2.75, 3.05) is 6.61 Å². The van der Waals surface area contributed by atoms with Gasteiger partial charge in [0.15, 0.2) is 0 Å². The lowest BCUT2D eigenvalue weighted by atomic mass is 9.80. The second-order valence-corrected chi connectivity index (χ2v) is 7.22. The highest BCUT2D eigenvalue weighted by Gasteiger charge is 2.37. The highest BCUT2D eigenvalue weighted by molar-refractivity contribution is 5.47. The monoisotopic (exact) mass is 380 g/mol. The van der Waals surface area contributed by atoms with Crippen LogP contribution in [0.1, 0.15) is 37.5 Å². The van der Waals surface area contributed by atoms with E-state index in [1.807, 2.05) is 31.2 Å². The predicted octanol–water partition coefficient (Wildman–Crippen LogP) is 7.06. The minimum Gasteiger partial charge on any atom is -0.356 e. The van der Waals surface area contributed by atoms with E-state index in [-0.39, 0.29) is 0 Å². The molecule has 0 saturated heterocycles. The normalized spacial score (nSPS) is 11.3. The van der Waals surface area contributed by atoms with Gasteiger partial charge in [-0.05, 0) is 43.0 Å². The Balaban J connectivity index is 2.21. The summed E-state index contributed by atoms with van der Waals surface area (Å²) in [5, 5.41) is 0. The summed E-state index contributed by atoms with van der Waals surface area (Å²) in [7, 11) is 0. The molecule has 0 radical (unpaired) electrons. The first kappa shape index (κ1) is 20.6. The molecule has 0 aliphatic heterocycles. The Morgan fingerprint density at radius 1 is 0.759 bits per heavy atom. The Bertz CT molecular complexity index is 891. The zero-order valence-electron chi connectivity index (χ0n) is 17.4. The molecule has 1 heteroatoms. The topological polar surface area (TPSA) is 9.23 Å². The van der Waals surface area contributed by atoms with E-state index in [1.165, 1.54) is 0 Å². The average Bonchev–Trinajstić information content (AvgIpc) is 2.76. The molecule has 3 aromatic carbocycles. The highest BCUT2D eigenvalue weighted by atomic mass is 16.5. The first-order chi connectivity index (χ1) is 14.2. The maximum absolute atomic E-state index is 6.84. The molecule has 0 aromatic heterocycles. The molecule has 0 heterocycles. The Morgan fingerprint density at radius 2 is 1.17 bits per heavy atom. The fourth-order valence-electron chi connectivity index (χ4n) is 3.60. The van der Waals surface area contributed by atoms with Crippen molar-refractivity contribution in [3.8, 4) is 0 Å². The van der Waals surface area contributed by atoms with Gasteiger partial charge in [0.05, 0.1) is 6.61 Å². The van der Waals surface area contributed by atoms with Crippen LogP contribution < -0.4 is 0 Å². The summed E-state index contributed by atoms with van der Waals surface area (Å²) in [6, 6.07) is 31.4. The molecule has 3 rings (SSSR count). The largest absolute Gasteiger partial charge is 0.356 e. The van der Waals surface area contributed by atoms with Crippen molar-refractivity contribution >= 4 is 0 Å².